The number of benzene rings is 1. The van der Waals surface area contributed by atoms with Gasteiger partial charge in [0.15, 0.2) is 0 Å². The first kappa shape index (κ1) is 22.2. The van der Waals surface area contributed by atoms with Crippen LogP contribution in [0.15, 0.2) is 24.3 Å². The fourth-order valence-corrected chi connectivity index (χ4v) is 2.39. The van der Waals surface area contributed by atoms with E-state index in [2.05, 4.69) is 10.1 Å². The van der Waals surface area contributed by atoms with Crippen LogP contribution in [0.3, 0.4) is 0 Å². The molecule has 1 aromatic rings. The second-order valence-corrected chi connectivity index (χ2v) is 4.65. The Morgan fingerprint density at radius 1 is 1.04 bits per heavy atom. The van der Waals surface area contributed by atoms with Gasteiger partial charge in [-0.15, -0.1) is 38.0 Å². The molecular formula is C13H17Cl2F5N2O. The van der Waals surface area contributed by atoms with Gasteiger partial charge in [0.05, 0.1) is 0 Å². The van der Waals surface area contributed by atoms with Crippen LogP contribution in [-0.4, -0.2) is 43.9 Å². The number of hydrogen-bond donors (Lipinski definition) is 1. The molecule has 0 unspecified atom stereocenters. The molecule has 0 bridgehead atoms. The molecule has 0 saturated carbocycles. The average Bonchev–Trinajstić information content (AvgIpc) is 2.40. The lowest BCUT2D eigenvalue weighted by atomic mass is 10.0. The molecule has 0 aromatic heterocycles. The number of nitrogens with zero attached hydrogens (tertiary/aromatic N) is 1. The Bertz CT molecular complexity index is 470. The molecule has 3 nitrogen and oxygen atoms in total. The molecule has 23 heavy (non-hydrogen) atoms. The summed E-state index contributed by atoms with van der Waals surface area (Å²) in [5.41, 5.74) is -0.147. The van der Waals surface area contributed by atoms with E-state index in [1.807, 2.05) is 0 Å². The lowest BCUT2D eigenvalue weighted by Crippen LogP contribution is -2.47. The summed E-state index contributed by atoms with van der Waals surface area (Å²) in [6, 6.07) is 3.65. The maximum absolute atomic E-state index is 13.4. The van der Waals surface area contributed by atoms with E-state index in [0.717, 1.165) is 6.07 Å². The van der Waals surface area contributed by atoms with Gasteiger partial charge in [0.1, 0.15) is 11.8 Å². The van der Waals surface area contributed by atoms with Gasteiger partial charge in [-0.05, 0) is 6.07 Å². The minimum absolute atomic E-state index is 0. The monoisotopic (exact) mass is 382 g/mol. The Hall–Kier alpha value is -0.830. The SMILES string of the molecule is Cl.Cl.FC(F)[C@H](c1ccccc1OC(F)(F)F)N1CCNCC1. The Kier molecular flexibility index (Phi) is 9.12. The Morgan fingerprint density at radius 2 is 1.61 bits per heavy atom. The Balaban J connectivity index is 0.00000242. The van der Waals surface area contributed by atoms with Gasteiger partial charge < -0.3 is 10.1 Å². The zero-order chi connectivity index (χ0) is 15.5. The van der Waals surface area contributed by atoms with E-state index in [4.69, 9.17) is 0 Å². The molecule has 1 fully saturated rings. The van der Waals surface area contributed by atoms with Crippen LogP contribution in [0.1, 0.15) is 11.6 Å². The number of ether oxygens (including phenoxy) is 1. The van der Waals surface area contributed by atoms with Crippen LogP contribution in [-0.2, 0) is 0 Å². The van der Waals surface area contributed by atoms with Crippen molar-refractivity contribution in [3.8, 4) is 5.75 Å². The van der Waals surface area contributed by atoms with E-state index in [-0.39, 0.29) is 30.4 Å². The molecule has 0 spiro atoms. The zero-order valence-corrected chi connectivity index (χ0v) is 13.5. The van der Waals surface area contributed by atoms with Crippen LogP contribution >= 0.6 is 24.8 Å². The summed E-state index contributed by atoms with van der Waals surface area (Å²) in [5, 5.41) is 3.02. The summed E-state index contributed by atoms with van der Waals surface area (Å²) in [6.07, 6.45) is -7.72. The van der Waals surface area contributed by atoms with Gasteiger partial charge in [-0.2, -0.15) is 0 Å². The molecular weight excluding hydrogens is 366 g/mol. The van der Waals surface area contributed by atoms with E-state index < -0.39 is 24.6 Å². The van der Waals surface area contributed by atoms with E-state index in [0.29, 0.717) is 26.2 Å². The largest absolute Gasteiger partial charge is 0.573 e. The molecule has 10 heteroatoms. The van der Waals surface area contributed by atoms with Crippen LogP contribution in [0.2, 0.25) is 0 Å². The van der Waals surface area contributed by atoms with Gasteiger partial charge in [-0.1, -0.05) is 18.2 Å². The fourth-order valence-electron chi connectivity index (χ4n) is 2.39. The highest BCUT2D eigenvalue weighted by Crippen LogP contribution is 2.36. The van der Waals surface area contributed by atoms with Crippen molar-refractivity contribution in [2.75, 3.05) is 26.2 Å². The molecule has 1 heterocycles. The summed E-state index contributed by atoms with van der Waals surface area (Å²) in [4.78, 5) is 1.47. The van der Waals surface area contributed by atoms with Crippen LogP contribution in [0.5, 0.6) is 5.75 Å². The molecule has 1 aromatic carbocycles. The molecule has 1 atom stereocenters. The summed E-state index contributed by atoms with van der Waals surface area (Å²) >= 11 is 0. The number of hydrogen-bond acceptors (Lipinski definition) is 3. The third-order valence-corrected chi connectivity index (χ3v) is 3.25. The first-order valence-electron chi connectivity index (χ1n) is 6.46. The van der Waals surface area contributed by atoms with Gasteiger partial charge >= 0.3 is 6.36 Å². The van der Waals surface area contributed by atoms with Gasteiger partial charge in [0.2, 0.25) is 0 Å². The minimum Gasteiger partial charge on any atom is -0.405 e. The predicted molar refractivity (Wildman–Crippen MR) is 80.8 cm³/mol. The summed E-state index contributed by atoms with van der Waals surface area (Å²) in [6.45, 7) is 1.72. The van der Waals surface area contributed by atoms with Crippen LogP contribution in [0, 0.1) is 0 Å². The van der Waals surface area contributed by atoms with E-state index in [1.54, 1.807) is 0 Å². The number of para-hydroxylation sites is 1. The highest BCUT2D eigenvalue weighted by Gasteiger charge is 2.36. The lowest BCUT2D eigenvalue weighted by molar-refractivity contribution is -0.275. The first-order valence-corrected chi connectivity index (χ1v) is 6.46. The van der Waals surface area contributed by atoms with Crippen molar-refractivity contribution >= 4 is 24.8 Å². The topological polar surface area (TPSA) is 24.5 Å². The smallest absolute Gasteiger partial charge is 0.405 e. The molecule has 0 amide bonds. The molecule has 1 saturated heterocycles. The second kappa shape index (κ2) is 9.46. The minimum atomic E-state index is -4.91. The van der Waals surface area contributed by atoms with Crippen LogP contribution in [0.4, 0.5) is 22.0 Å². The van der Waals surface area contributed by atoms with Crippen molar-refractivity contribution in [3.63, 3.8) is 0 Å². The normalized spacial score (nSPS) is 17.1. The number of alkyl halides is 5. The molecule has 1 aliphatic heterocycles. The maximum atomic E-state index is 13.4. The quantitative estimate of drug-likeness (QED) is 0.804. The average molecular weight is 383 g/mol. The molecule has 2 rings (SSSR count). The zero-order valence-electron chi connectivity index (χ0n) is 11.9. The van der Waals surface area contributed by atoms with Crippen molar-refractivity contribution in [1.29, 1.82) is 0 Å². The molecule has 1 aliphatic rings. The Morgan fingerprint density at radius 3 is 2.13 bits per heavy atom. The summed E-state index contributed by atoms with van der Waals surface area (Å²) < 4.78 is 67.8. The molecule has 1 N–H and O–H groups in total. The highest BCUT2D eigenvalue weighted by molar-refractivity contribution is 5.85. The van der Waals surface area contributed by atoms with Gasteiger partial charge in [-0.25, -0.2) is 8.78 Å². The van der Waals surface area contributed by atoms with Gasteiger partial charge in [0, 0.05) is 31.7 Å². The third-order valence-electron chi connectivity index (χ3n) is 3.25. The summed E-state index contributed by atoms with van der Waals surface area (Å²) in [5.74, 6) is -0.575. The molecule has 134 valence electrons. The number of piperazine rings is 1. The highest BCUT2D eigenvalue weighted by atomic mass is 35.5. The van der Waals surface area contributed by atoms with Gasteiger partial charge in [0.25, 0.3) is 6.43 Å². The number of rotatable bonds is 4. The van der Waals surface area contributed by atoms with E-state index in [1.165, 1.54) is 23.1 Å². The number of nitrogens with one attached hydrogen (secondary N) is 1. The molecule has 0 radical (unpaired) electrons. The lowest BCUT2D eigenvalue weighted by Gasteiger charge is -2.35. The third kappa shape index (κ3) is 6.29. The molecule has 0 aliphatic carbocycles. The van der Waals surface area contributed by atoms with Crippen molar-refractivity contribution < 1.29 is 26.7 Å². The summed E-state index contributed by atoms with van der Waals surface area (Å²) in [7, 11) is 0. The van der Waals surface area contributed by atoms with E-state index in [9.17, 15) is 22.0 Å². The van der Waals surface area contributed by atoms with Crippen molar-refractivity contribution in [2.24, 2.45) is 0 Å². The standard InChI is InChI=1S/C13H15F5N2O.2ClH/c14-12(15)11(20-7-5-19-6-8-20)9-3-1-2-4-10(9)21-13(16,17)18;;/h1-4,11-12,19H,5-8H2;2*1H/t11-;;/m0../s1. The van der Waals surface area contributed by atoms with Gasteiger partial charge in [-0.3, -0.25) is 4.90 Å². The van der Waals surface area contributed by atoms with Crippen LogP contribution < -0.4 is 10.1 Å². The van der Waals surface area contributed by atoms with Crippen molar-refractivity contribution in [3.05, 3.63) is 29.8 Å². The number of halogens is 7. The Labute approximate surface area is 143 Å². The maximum Gasteiger partial charge on any atom is 0.573 e. The van der Waals surface area contributed by atoms with Crippen LogP contribution in [0.25, 0.3) is 0 Å². The van der Waals surface area contributed by atoms with Crippen molar-refractivity contribution in [2.45, 2.75) is 18.8 Å². The predicted octanol–water partition coefficient (Wildman–Crippen LogP) is 3.64. The second-order valence-electron chi connectivity index (χ2n) is 4.65. The van der Waals surface area contributed by atoms with E-state index >= 15 is 0 Å². The first-order chi connectivity index (χ1) is 9.88. The fraction of sp³-hybridized carbons (Fsp3) is 0.538. The van der Waals surface area contributed by atoms with Crippen molar-refractivity contribution in [1.82, 2.24) is 10.2 Å².